The number of fused-ring (bicyclic) bond motifs is 1. The Labute approximate surface area is 177 Å². The number of hydrogen-bond acceptors (Lipinski definition) is 6. The first kappa shape index (κ1) is 20.7. The first-order valence-electron chi connectivity index (χ1n) is 9.88. The van der Waals surface area contributed by atoms with Crippen LogP contribution >= 0.6 is 0 Å². The number of ether oxygens (including phenoxy) is 1. The predicted molar refractivity (Wildman–Crippen MR) is 110 cm³/mol. The summed E-state index contributed by atoms with van der Waals surface area (Å²) in [6.45, 7) is 3.50. The highest BCUT2D eigenvalue weighted by atomic mass is 19.1. The normalized spacial score (nSPS) is 15.4. The number of esters is 1. The van der Waals surface area contributed by atoms with E-state index in [9.17, 15) is 19.3 Å². The van der Waals surface area contributed by atoms with Gasteiger partial charge in [-0.2, -0.15) is 9.49 Å². The quantitative estimate of drug-likeness (QED) is 0.369. The zero-order valence-electron chi connectivity index (χ0n) is 16.9. The molecule has 9 heteroatoms. The highest BCUT2D eigenvalue weighted by molar-refractivity contribution is 5.89. The van der Waals surface area contributed by atoms with Crippen LogP contribution in [0.1, 0.15) is 45.7 Å². The molecule has 1 aromatic heterocycles. The summed E-state index contributed by atoms with van der Waals surface area (Å²) >= 11 is 0. The van der Waals surface area contributed by atoms with E-state index in [0.29, 0.717) is 18.7 Å². The summed E-state index contributed by atoms with van der Waals surface area (Å²) in [5.74, 6) is -1.35. The lowest BCUT2D eigenvalue weighted by atomic mass is 9.97. The van der Waals surface area contributed by atoms with Crippen LogP contribution in [0.25, 0.3) is 0 Å². The number of nitro groups is 1. The molecular weight excluding hydrogens is 403 g/mol. The number of halogens is 1. The van der Waals surface area contributed by atoms with Gasteiger partial charge in [-0.05, 0) is 17.2 Å². The van der Waals surface area contributed by atoms with Crippen molar-refractivity contribution in [2.75, 3.05) is 6.54 Å². The van der Waals surface area contributed by atoms with Crippen LogP contribution in [0, 0.1) is 15.9 Å². The minimum atomic E-state index is -0.890. The smallest absolute Gasteiger partial charge is 0.359 e. The summed E-state index contributed by atoms with van der Waals surface area (Å²) in [6.07, 6.45) is 0. The van der Waals surface area contributed by atoms with Gasteiger partial charge in [0.2, 0.25) is 5.82 Å². The van der Waals surface area contributed by atoms with Gasteiger partial charge < -0.3 is 10.1 Å². The molecule has 0 bridgehead atoms. The Morgan fingerprint density at radius 2 is 2.06 bits per heavy atom. The van der Waals surface area contributed by atoms with E-state index in [4.69, 9.17) is 4.74 Å². The molecule has 160 valence electrons. The highest BCUT2D eigenvalue weighted by Gasteiger charge is 2.30. The lowest BCUT2D eigenvalue weighted by Gasteiger charge is -2.22. The largest absolute Gasteiger partial charge is 0.456 e. The van der Waals surface area contributed by atoms with Crippen molar-refractivity contribution in [1.82, 2.24) is 15.1 Å². The van der Waals surface area contributed by atoms with Crippen LogP contribution in [0.3, 0.4) is 0 Å². The zero-order chi connectivity index (χ0) is 22.0. The van der Waals surface area contributed by atoms with Crippen molar-refractivity contribution in [1.29, 1.82) is 0 Å². The van der Waals surface area contributed by atoms with E-state index < -0.39 is 22.4 Å². The van der Waals surface area contributed by atoms with E-state index in [1.54, 1.807) is 4.68 Å². The summed E-state index contributed by atoms with van der Waals surface area (Å²) < 4.78 is 20.8. The summed E-state index contributed by atoms with van der Waals surface area (Å²) in [4.78, 5) is 23.1. The summed E-state index contributed by atoms with van der Waals surface area (Å²) in [7, 11) is 0. The maximum Gasteiger partial charge on any atom is 0.359 e. The molecule has 1 atom stereocenters. The molecule has 0 aliphatic carbocycles. The Bertz CT molecular complexity index is 1130. The Hall–Kier alpha value is -3.59. The van der Waals surface area contributed by atoms with E-state index in [-0.39, 0.29) is 24.8 Å². The molecule has 8 nitrogen and oxygen atoms in total. The average Bonchev–Trinajstić information content (AvgIpc) is 3.13. The van der Waals surface area contributed by atoms with Crippen molar-refractivity contribution in [3.8, 4) is 0 Å². The molecule has 0 fully saturated rings. The molecule has 1 aliphatic rings. The average molecular weight is 424 g/mol. The fraction of sp³-hybridized carbons (Fsp3) is 0.273. The van der Waals surface area contributed by atoms with E-state index in [2.05, 4.69) is 10.4 Å². The van der Waals surface area contributed by atoms with Gasteiger partial charge in [-0.3, -0.25) is 14.8 Å². The lowest BCUT2D eigenvalue weighted by molar-refractivity contribution is -0.387. The predicted octanol–water partition coefficient (Wildman–Crippen LogP) is 3.54. The van der Waals surface area contributed by atoms with Crippen molar-refractivity contribution in [2.45, 2.75) is 32.5 Å². The third-order valence-corrected chi connectivity index (χ3v) is 5.26. The zero-order valence-corrected chi connectivity index (χ0v) is 16.9. The van der Waals surface area contributed by atoms with Crippen LogP contribution in [0.5, 0.6) is 0 Å². The molecule has 0 saturated heterocycles. The molecular formula is C22H21FN4O4. The number of aromatic nitrogens is 2. The SMILES string of the molecule is CC1CNCc2c(C(=O)OCc3ccccc3)nn(Cc3ccc(F)c([N+](=O)[O-])c3)c21. The van der Waals surface area contributed by atoms with Crippen LogP contribution < -0.4 is 5.32 Å². The van der Waals surface area contributed by atoms with E-state index in [1.807, 2.05) is 37.3 Å². The topological polar surface area (TPSA) is 99.3 Å². The molecule has 2 heterocycles. The van der Waals surface area contributed by atoms with Crippen LogP contribution in [0.15, 0.2) is 48.5 Å². The van der Waals surface area contributed by atoms with Gasteiger partial charge in [-0.25, -0.2) is 4.79 Å². The van der Waals surface area contributed by atoms with Crippen LogP contribution in [0.2, 0.25) is 0 Å². The van der Waals surface area contributed by atoms with Crippen molar-refractivity contribution >= 4 is 11.7 Å². The first-order valence-corrected chi connectivity index (χ1v) is 9.88. The number of benzene rings is 2. The maximum absolute atomic E-state index is 13.7. The second-order valence-electron chi connectivity index (χ2n) is 7.51. The van der Waals surface area contributed by atoms with Gasteiger partial charge >= 0.3 is 11.7 Å². The Morgan fingerprint density at radius 1 is 1.29 bits per heavy atom. The number of nitro benzene ring substituents is 1. The fourth-order valence-corrected chi connectivity index (χ4v) is 3.79. The van der Waals surface area contributed by atoms with Gasteiger partial charge in [0.15, 0.2) is 5.69 Å². The van der Waals surface area contributed by atoms with Crippen molar-refractivity contribution in [2.24, 2.45) is 0 Å². The minimum Gasteiger partial charge on any atom is -0.456 e. The Balaban J connectivity index is 1.63. The lowest BCUT2D eigenvalue weighted by Crippen LogP contribution is -2.28. The summed E-state index contributed by atoms with van der Waals surface area (Å²) in [5, 5.41) is 18.8. The second-order valence-corrected chi connectivity index (χ2v) is 7.51. The fourth-order valence-electron chi connectivity index (χ4n) is 3.79. The molecule has 3 aromatic rings. The van der Waals surface area contributed by atoms with Gasteiger partial charge in [0, 0.05) is 36.3 Å². The van der Waals surface area contributed by atoms with Gasteiger partial charge in [0.1, 0.15) is 6.61 Å². The molecule has 4 rings (SSSR count). The Kier molecular flexibility index (Phi) is 5.77. The van der Waals surface area contributed by atoms with Crippen LogP contribution in [-0.4, -0.2) is 27.2 Å². The van der Waals surface area contributed by atoms with Gasteiger partial charge in [0.05, 0.1) is 11.5 Å². The van der Waals surface area contributed by atoms with E-state index in [0.717, 1.165) is 22.9 Å². The molecule has 0 spiro atoms. The number of rotatable bonds is 6. The van der Waals surface area contributed by atoms with E-state index in [1.165, 1.54) is 12.1 Å². The van der Waals surface area contributed by atoms with Gasteiger partial charge in [-0.1, -0.05) is 43.3 Å². The summed E-state index contributed by atoms with van der Waals surface area (Å²) in [6, 6.07) is 13.1. The molecule has 0 saturated carbocycles. The molecule has 0 amide bonds. The molecule has 1 aliphatic heterocycles. The third kappa shape index (κ3) is 4.31. The molecule has 2 aromatic carbocycles. The number of nitrogens with one attached hydrogen (secondary N) is 1. The molecule has 31 heavy (non-hydrogen) atoms. The molecule has 0 radical (unpaired) electrons. The highest BCUT2D eigenvalue weighted by Crippen LogP contribution is 2.28. The van der Waals surface area contributed by atoms with Crippen LogP contribution in [0.4, 0.5) is 10.1 Å². The first-order chi connectivity index (χ1) is 14.9. The minimum absolute atomic E-state index is 0.0716. The number of hydrogen-bond donors (Lipinski definition) is 1. The molecule has 1 unspecified atom stereocenters. The molecule has 1 N–H and O–H groups in total. The van der Waals surface area contributed by atoms with E-state index >= 15 is 0 Å². The second kappa shape index (κ2) is 8.65. The monoisotopic (exact) mass is 424 g/mol. The summed E-state index contributed by atoms with van der Waals surface area (Å²) in [5.41, 5.74) is 2.66. The van der Waals surface area contributed by atoms with Gasteiger partial charge in [0.25, 0.3) is 0 Å². The van der Waals surface area contributed by atoms with Crippen LogP contribution in [-0.2, 0) is 24.4 Å². The maximum atomic E-state index is 13.7. The van der Waals surface area contributed by atoms with Crippen molar-refractivity contribution < 1.29 is 18.8 Å². The number of nitrogens with zero attached hydrogens (tertiary/aromatic N) is 3. The van der Waals surface area contributed by atoms with Crippen molar-refractivity contribution in [3.05, 3.63) is 92.5 Å². The third-order valence-electron chi connectivity index (χ3n) is 5.26. The Morgan fingerprint density at radius 3 is 2.81 bits per heavy atom. The van der Waals surface area contributed by atoms with Crippen molar-refractivity contribution in [3.63, 3.8) is 0 Å². The number of carbonyl (C=O) groups is 1. The van der Waals surface area contributed by atoms with Gasteiger partial charge in [-0.15, -0.1) is 0 Å². The number of carbonyl (C=O) groups excluding carboxylic acids is 1. The standard InChI is InChI=1S/C22H21FN4O4/c1-14-10-24-11-17-20(22(28)31-13-15-5-3-2-4-6-15)25-26(21(14)17)12-16-7-8-18(23)19(9-16)27(29)30/h2-9,14,24H,10-13H2,1H3.